The zero-order chi connectivity index (χ0) is 27.7. The number of nitrogens with two attached hydrogens (primary N) is 1. The molecule has 0 saturated carbocycles. The van der Waals surface area contributed by atoms with Crippen LogP contribution in [0.25, 0.3) is 0 Å². The first-order chi connectivity index (χ1) is 18.2. The van der Waals surface area contributed by atoms with Gasteiger partial charge in [-0.1, -0.05) is 37.3 Å². The number of benzene rings is 3. The topological polar surface area (TPSA) is 75.4 Å². The second-order valence-corrected chi connectivity index (χ2v) is 9.30. The molecule has 0 bridgehead atoms. The molecule has 0 aliphatic rings. The standard InChI is InChI=1S/C30H34F3N3O2/c1-3-25(14-13-24(34)16-23-17-27(32)28(33)18-26(23)31)36(4-2)30(38)22-12-8-9-20(15-22)19-35-29(37)21-10-6-5-7-11-21/h5-12,15,17-18,24-25H,3-4,13-14,16,19,34H2,1-2H3,(H,35,37). The van der Waals surface area contributed by atoms with Crippen molar-refractivity contribution >= 4 is 11.8 Å². The fourth-order valence-electron chi connectivity index (χ4n) is 4.51. The van der Waals surface area contributed by atoms with Crippen molar-refractivity contribution in [1.82, 2.24) is 10.2 Å². The number of hydrogen-bond acceptors (Lipinski definition) is 3. The van der Waals surface area contributed by atoms with Gasteiger partial charge in [-0.25, -0.2) is 13.2 Å². The van der Waals surface area contributed by atoms with E-state index >= 15 is 0 Å². The second kappa shape index (κ2) is 13.8. The Balaban J connectivity index is 1.61. The minimum Gasteiger partial charge on any atom is -0.348 e. The van der Waals surface area contributed by atoms with Crippen molar-refractivity contribution in [3.63, 3.8) is 0 Å². The first-order valence-corrected chi connectivity index (χ1v) is 12.9. The van der Waals surface area contributed by atoms with Crippen molar-refractivity contribution in [2.45, 2.75) is 58.2 Å². The molecule has 38 heavy (non-hydrogen) atoms. The van der Waals surface area contributed by atoms with Gasteiger partial charge in [-0.2, -0.15) is 0 Å². The summed E-state index contributed by atoms with van der Waals surface area (Å²) < 4.78 is 40.8. The van der Waals surface area contributed by atoms with Crippen LogP contribution in [0.1, 0.15) is 65.0 Å². The Bertz CT molecular complexity index is 1240. The lowest BCUT2D eigenvalue weighted by molar-refractivity contribution is 0.0671. The number of nitrogens with one attached hydrogen (secondary N) is 1. The third-order valence-electron chi connectivity index (χ3n) is 6.62. The summed E-state index contributed by atoms with van der Waals surface area (Å²) >= 11 is 0. The van der Waals surface area contributed by atoms with Gasteiger partial charge in [0.05, 0.1) is 0 Å². The van der Waals surface area contributed by atoms with Crippen LogP contribution in [-0.4, -0.2) is 35.3 Å². The van der Waals surface area contributed by atoms with Crippen molar-refractivity contribution in [3.05, 3.63) is 106 Å². The molecule has 0 fully saturated rings. The molecule has 5 nitrogen and oxygen atoms in total. The molecule has 0 saturated heterocycles. The Hall–Kier alpha value is -3.65. The molecule has 3 aromatic rings. The van der Waals surface area contributed by atoms with Crippen LogP contribution in [0.4, 0.5) is 13.2 Å². The molecule has 2 atom stereocenters. The van der Waals surface area contributed by atoms with Crippen LogP contribution < -0.4 is 11.1 Å². The Morgan fingerprint density at radius 3 is 2.24 bits per heavy atom. The summed E-state index contributed by atoms with van der Waals surface area (Å²) in [5, 5.41) is 2.87. The summed E-state index contributed by atoms with van der Waals surface area (Å²) in [7, 11) is 0. The summed E-state index contributed by atoms with van der Waals surface area (Å²) in [4.78, 5) is 27.6. The summed E-state index contributed by atoms with van der Waals surface area (Å²) in [5.74, 6) is -3.48. The monoisotopic (exact) mass is 525 g/mol. The highest BCUT2D eigenvalue weighted by Crippen LogP contribution is 2.20. The molecular formula is C30H34F3N3O2. The van der Waals surface area contributed by atoms with Gasteiger partial charge in [0.25, 0.3) is 11.8 Å². The van der Waals surface area contributed by atoms with E-state index in [4.69, 9.17) is 5.73 Å². The maximum absolute atomic E-state index is 14.0. The largest absolute Gasteiger partial charge is 0.348 e. The van der Waals surface area contributed by atoms with Crippen molar-refractivity contribution in [2.75, 3.05) is 6.54 Å². The number of carbonyl (C=O) groups excluding carboxylic acids is 2. The maximum atomic E-state index is 14.0. The average molecular weight is 526 g/mol. The molecule has 2 unspecified atom stereocenters. The first kappa shape index (κ1) is 28.9. The molecule has 8 heteroatoms. The lowest BCUT2D eigenvalue weighted by atomic mass is 9.97. The second-order valence-electron chi connectivity index (χ2n) is 9.30. The number of hydrogen-bond donors (Lipinski definition) is 2. The number of nitrogens with zero attached hydrogens (tertiary/aromatic N) is 1. The van der Waals surface area contributed by atoms with E-state index in [-0.39, 0.29) is 36.4 Å². The summed E-state index contributed by atoms with van der Waals surface area (Å²) in [5.41, 5.74) is 8.11. The van der Waals surface area contributed by atoms with Gasteiger partial charge in [-0.05, 0) is 74.1 Å². The highest BCUT2D eigenvalue weighted by Gasteiger charge is 2.23. The minimum atomic E-state index is -1.23. The molecule has 0 aliphatic carbocycles. The van der Waals surface area contributed by atoms with Gasteiger partial charge in [0.1, 0.15) is 5.82 Å². The van der Waals surface area contributed by atoms with Crippen LogP contribution >= 0.6 is 0 Å². The fourth-order valence-corrected chi connectivity index (χ4v) is 4.51. The molecule has 0 heterocycles. The van der Waals surface area contributed by atoms with Crippen LogP contribution in [0.15, 0.2) is 66.7 Å². The van der Waals surface area contributed by atoms with Crippen molar-refractivity contribution in [3.8, 4) is 0 Å². The lowest BCUT2D eigenvalue weighted by Gasteiger charge is -2.31. The molecule has 3 rings (SSSR count). The highest BCUT2D eigenvalue weighted by atomic mass is 19.2. The molecule has 0 radical (unpaired) electrons. The third-order valence-corrected chi connectivity index (χ3v) is 6.62. The number of rotatable bonds is 12. The van der Waals surface area contributed by atoms with E-state index in [1.165, 1.54) is 0 Å². The quantitative estimate of drug-likeness (QED) is 0.301. The van der Waals surface area contributed by atoms with Crippen molar-refractivity contribution in [1.29, 1.82) is 0 Å². The van der Waals surface area contributed by atoms with E-state index in [1.54, 1.807) is 47.4 Å². The molecule has 0 aromatic heterocycles. The van der Waals surface area contributed by atoms with Crippen LogP contribution in [0.2, 0.25) is 0 Å². The normalized spacial score (nSPS) is 12.6. The van der Waals surface area contributed by atoms with Gasteiger partial charge < -0.3 is 16.0 Å². The number of amides is 2. The Morgan fingerprint density at radius 2 is 1.55 bits per heavy atom. The number of halogens is 3. The van der Waals surface area contributed by atoms with E-state index in [0.29, 0.717) is 43.0 Å². The SMILES string of the molecule is CCC(CCC(N)Cc1cc(F)c(F)cc1F)N(CC)C(=O)c1cccc(CNC(=O)c2ccccc2)c1. The predicted molar refractivity (Wildman–Crippen MR) is 142 cm³/mol. The zero-order valence-corrected chi connectivity index (χ0v) is 21.7. The van der Waals surface area contributed by atoms with Crippen LogP contribution in [0, 0.1) is 17.5 Å². The van der Waals surface area contributed by atoms with Gasteiger partial charge in [0.15, 0.2) is 11.6 Å². The highest BCUT2D eigenvalue weighted by molar-refractivity contribution is 5.95. The van der Waals surface area contributed by atoms with Crippen LogP contribution in [-0.2, 0) is 13.0 Å². The van der Waals surface area contributed by atoms with E-state index in [0.717, 1.165) is 11.6 Å². The van der Waals surface area contributed by atoms with Gasteiger partial charge in [0.2, 0.25) is 0 Å². The molecule has 3 aromatic carbocycles. The Kier molecular flexibility index (Phi) is 10.5. The lowest BCUT2D eigenvalue weighted by Crippen LogP contribution is -2.41. The van der Waals surface area contributed by atoms with Crippen LogP contribution in [0.5, 0.6) is 0 Å². The van der Waals surface area contributed by atoms with E-state index in [2.05, 4.69) is 5.32 Å². The molecular weight excluding hydrogens is 491 g/mol. The summed E-state index contributed by atoms with van der Waals surface area (Å²) in [6.07, 6.45) is 1.82. The van der Waals surface area contributed by atoms with Gasteiger partial charge in [-0.15, -0.1) is 0 Å². The molecule has 0 spiro atoms. The smallest absolute Gasteiger partial charge is 0.254 e. The molecule has 2 amide bonds. The summed E-state index contributed by atoms with van der Waals surface area (Å²) in [6, 6.07) is 16.9. The maximum Gasteiger partial charge on any atom is 0.254 e. The van der Waals surface area contributed by atoms with Crippen molar-refractivity contribution < 1.29 is 22.8 Å². The zero-order valence-electron chi connectivity index (χ0n) is 21.7. The molecule has 3 N–H and O–H groups in total. The van der Waals surface area contributed by atoms with Gasteiger partial charge in [0, 0.05) is 42.4 Å². The molecule has 0 aliphatic heterocycles. The minimum absolute atomic E-state index is 0.0315. The third kappa shape index (κ3) is 7.68. The predicted octanol–water partition coefficient (Wildman–Crippen LogP) is 5.62. The molecule has 202 valence electrons. The van der Waals surface area contributed by atoms with E-state index in [1.807, 2.05) is 26.0 Å². The Morgan fingerprint density at radius 1 is 0.868 bits per heavy atom. The van der Waals surface area contributed by atoms with Gasteiger partial charge in [-0.3, -0.25) is 9.59 Å². The summed E-state index contributed by atoms with van der Waals surface area (Å²) in [6.45, 7) is 4.66. The first-order valence-electron chi connectivity index (χ1n) is 12.9. The van der Waals surface area contributed by atoms with Crippen molar-refractivity contribution in [2.24, 2.45) is 5.73 Å². The van der Waals surface area contributed by atoms with E-state index < -0.39 is 23.5 Å². The van der Waals surface area contributed by atoms with Crippen LogP contribution in [0.3, 0.4) is 0 Å². The average Bonchev–Trinajstić information content (AvgIpc) is 2.93. The van der Waals surface area contributed by atoms with E-state index in [9.17, 15) is 22.8 Å². The van der Waals surface area contributed by atoms with Gasteiger partial charge >= 0.3 is 0 Å². The Labute approximate surface area is 221 Å². The fraction of sp³-hybridized carbons (Fsp3) is 0.333. The number of carbonyl (C=O) groups is 2.